The van der Waals surface area contributed by atoms with Crippen molar-refractivity contribution in [3.63, 3.8) is 0 Å². The van der Waals surface area contributed by atoms with E-state index in [9.17, 15) is 4.79 Å². The van der Waals surface area contributed by atoms with Crippen molar-refractivity contribution in [3.05, 3.63) is 52.2 Å². The number of methoxy groups -OCH3 is 2. The summed E-state index contributed by atoms with van der Waals surface area (Å²) in [6, 6.07) is 9.91. The molecule has 1 aromatic carbocycles. The van der Waals surface area contributed by atoms with Gasteiger partial charge in [-0.2, -0.15) is 11.8 Å². The van der Waals surface area contributed by atoms with Crippen molar-refractivity contribution in [1.29, 1.82) is 0 Å². The van der Waals surface area contributed by atoms with Crippen LogP contribution in [0.25, 0.3) is 6.08 Å². The van der Waals surface area contributed by atoms with Crippen LogP contribution >= 0.6 is 23.1 Å². The van der Waals surface area contributed by atoms with Gasteiger partial charge < -0.3 is 14.4 Å². The van der Waals surface area contributed by atoms with Crippen molar-refractivity contribution in [2.45, 2.75) is 11.7 Å². The lowest BCUT2D eigenvalue weighted by molar-refractivity contribution is -0.125. The molecule has 0 radical (unpaired) electrons. The van der Waals surface area contributed by atoms with Crippen molar-refractivity contribution >= 4 is 35.1 Å². The third kappa shape index (κ3) is 4.62. The largest absolute Gasteiger partial charge is 0.493 e. The zero-order valence-electron chi connectivity index (χ0n) is 15.0. The smallest absolute Gasteiger partial charge is 0.246 e. The summed E-state index contributed by atoms with van der Waals surface area (Å²) < 4.78 is 10.5. The summed E-state index contributed by atoms with van der Waals surface area (Å²) in [5, 5.41) is 2.62. The Labute approximate surface area is 162 Å². The second-order valence-corrected chi connectivity index (χ2v) is 8.23. The number of nitrogens with zero attached hydrogens (tertiary/aromatic N) is 1. The Kier molecular flexibility index (Phi) is 6.63. The van der Waals surface area contributed by atoms with E-state index >= 15 is 0 Å². The molecule has 2 heterocycles. The van der Waals surface area contributed by atoms with Crippen LogP contribution in [0.4, 0.5) is 0 Å². The van der Waals surface area contributed by atoms with Crippen molar-refractivity contribution in [2.24, 2.45) is 0 Å². The molecule has 1 aromatic heterocycles. The molecule has 6 heteroatoms. The third-order valence-corrected chi connectivity index (χ3v) is 6.79. The molecule has 0 N–H and O–H groups in total. The fourth-order valence-corrected chi connectivity index (χ4v) is 5.16. The molecule has 3 rings (SSSR count). The van der Waals surface area contributed by atoms with Gasteiger partial charge in [-0.25, -0.2) is 0 Å². The average molecular weight is 390 g/mol. The number of thioether (sulfide) groups is 1. The molecule has 1 amide bonds. The lowest BCUT2D eigenvalue weighted by atomic mass is 10.2. The molecule has 1 unspecified atom stereocenters. The van der Waals surface area contributed by atoms with Crippen LogP contribution in [0.1, 0.15) is 22.1 Å². The fraction of sp³-hybridized carbons (Fsp3) is 0.350. The van der Waals surface area contributed by atoms with E-state index in [0.29, 0.717) is 16.7 Å². The van der Waals surface area contributed by atoms with Crippen LogP contribution in [0.2, 0.25) is 0 Å². The van der Waals surface area contributed by atoms with E-state index in [4.69, 9.17) is 9.47 Å². The number of rotatable bonds is 5. The van der Waals surface area contributed by atoms with E-state index in [2.05, 4.69) is 17.5 Å². The lowest BCUT2D eigenvalue weighted by Gasteiger charge is -2.18. The van der Waals surface area contributed by atoms with Gasteiger partial charge in [0.25, 0.3) is 0 Å². The number of hydrogen-bond acceptors (Lipinski definition) is 5. The van der Waals surface area contributed by atoms with Crippen LogP contribution in [0.3, 0.4) is 0 Å². The average Bonchev–Trinajstić information content (AvgIpc) is 3.10. The van der Waals surface area contributed by atoms with Crippen LogP contribution in [-0.2, 0) is 4.79 Å². The second kappa shape index (κ2) is 9.14. The van der Waals surface area contributed by atoms with Gasteiger partial charge in [-0.15, -0.1) is 11.3 Å². The maximum absolute atomic E-state index is 12.6. The van der Waals surface area contributed by atoms with Gasteiger partial charge in [-0.1, -0.05) is 12.1 Å². The van der Waals surface area contributed by atoms with Crippen LogP contribution in [0.5, 0.6) is 11.5 Å². The molecule has 1 aliphatic heterocycles. The van der Waals surface area contributed by atoms with Crippen LogP contribution in [0.15, 0.2) is 41.8 Å². The zero-order chi connectivity index (χ0) is 18.4. The Morgan fingerprint density at radius 3 is 2.77 bits per heavy atom. The summed E-state index contributed by atoms with van der Waals surface area (Å²) in [4.78, 5) is 15.9. The van der Waals surface area contributed by atoms with Gasteiger partial charge in [0.15, 0.2) is 11.5 Å². The minimum atomic E-state index is 0.0622. The molecule has 138 valence electrons. The predicted octanol–water partition coefficient (Wildman–Crippen LogP) is 4.49. The summed E-state index contributed by atoms with van der Waals surface area (Å²) in [5.41, 5.74) is 0.914. The van der Waals surface area contributed by atoms with E-state index < -0.39 is 0 Å². The zero-order valence-corrected chi connectivity index (χ0v) is 16.6. The van der Waals surface area contributed by atoms with Crippen molar-refractivity contribution < 1.29 is 14.3 Å². The molecular weight excluding hydrogens is 366 g/mol. The standard InChI is InChI=1S/C20H23NO3S2/c1-23-16-7-5-15(14-17(16)24-2)6-8-20(22)21-10-9-19(26-13-11-21)18-4-3-12-25-18/h3-8,12,14,19H,9-11,13H2,1-2H3. The number of carbonyl (C=O) groups excluding carboxylic acids is 1. The number of ether oxygens (including phenoxy) is 2. The normalized spacial score (nSPS) is 17.9. The Balaban J connectivity index is 1.61. The minimum Gasteiger partial charge on any atom is -0.493 e. The molecule has 4 nitrogen and oxygen atoms in total. The van der Waals surface area contributed by atoms with Crippen molar-refractivity contribution in [2.75, 3.05) is 33.1 Å². The van der Waals surface area contributed by atoms with Crippen LogP contribution in [0, 0.1) is 0 Å². The highest BCUT2D eigenvalue weighted by molar-refractivity contribution is 7.99. The first-order valence-corrected chi connectivity index (χ1v) is 10.5. The topological polar surface area (TPSA) is 38.8 Å². The molecular formula is C20H23NO3S2. The van der Waals surface area contributed by atoms with Crippen LogP contribution in [-0.4, -0.2) is 43.9 Å². The highest BCUT2D eigenvalue weighted by Crippen LogP contribution is 2.36. The van der Waals surface area contributed by atoms with E-state index in [1.165, 1.54) is 4.88 Å². The van der Waals surface area contributed by atoms with Crippen LogP contribution < -0.4 is 9.47 Å². The lowest BCUT2D eigenvalue weighted by Crippen LogP contribution is -2.31. The maximum atomic E-state index is 12.6. The van der Waals surface area contributed by atoms with Gasteiger partial charge in [-0.05, 0) is 41.6 Å². The van der Waals surface area contributed by atoms with Gasteiger partial charge >= 0.3 is 0 Å². The highest BCUT2D eigenvalue weighted by atomic mass is 32.2. The molecule has 2 aromatic rings. The number of thiophene rings is 1. The summed E-state index contributed by atoms with van der Waals surface area (Å²) in [7, 11) is 3.22. The molecule has 0 spiro atoms. The summed E-state index contributed by atoms with van der Waals surface area (Å²) in [6.45, 7) is 1.59. The summed E-state index contributed by atoms with van der Waals surface area (Å²) in [5.74, 6) is 2.37. The van der Waals surface area contributed by atoms with Crippen molar-refractivity contribution in [3.8, 4) is 11.5 Å². The Morgan fingerprint density at radius 1 is 1.19 bits per heavy atom. The van der Waals surface area contributed by atoms with Gasteiger partial charge in [0.1, 0.15) is 0 Å². The Hall–Kier alpha value is -1.92. The summed E-state index contributed by atoms with van der Waals surface area (Å²) >= 11 is 3.75. The molecule has 1 atom stereocenters. The molecule has 26 heavy (non-hydrogen) atoms. The number of hydrogen-bond donors (Lipinski definition) is 0. The van der Waals surface area contributed by atoms with Gasteiger partial charge in [-0.3, -0.25) is 4.79 Å². The van der Waals surface area contributed by atoms with Crippen molar-refractivity contribution in [1.82, 2.24) is 4.90 Å². The molecule has 0 bridgehead atoms. The third-order valence-electron chi connectivity index (χ3n) is 4.34. The molecule has 1 aliphatic rings. The highest BCUT2D eigenvalue weighted by Gasteiger charge is 2.21. The van der Waals surface area contributed by atoms with E-state index in [1.54, 1.807) is 31.6 Å². The molecule has 1 saturated heterocycles. The Morgan fingerprint density at radius 2 is 2.04 bits per heavy atom. The number of benzene rings is 1. The van der Waals surface area contributed by atoms with Gasteiger partial charge in [0.05, 0.1) is 14.2 Å². The SMILES string of the molecule is COc1ccc(C=CC(=O)N2CCSC(c3cccs3)CC2)cc1OC. The first-order valence-electron chi connectivity index (χ1n) is 8.55. The maximum Gasteiger partial charge on any atom is 0.246 e. The molecule has 0 aliphatic carbocycles. The van der Waals surface area contributed by atoms with Gasteiger partial charge in [0.2, 0.25) is 5.91 Å². The van der Waals surface area contributed by atoms with Gasteiger partial charge in [0, 0.05) is 35.0 Å². The molecule has 0 saturated carbocycles. The van der Waals surface area contributed by atoms with E-state index in [-0.39, 0.29) is 5.91 Å². The minimum absolute atomic E-state index is 0.0622. The first kappa shape index (κ1) is 18.9. The first-order chi connectivity index (χ1) is 12.7. The van der Waals surface area contributed by atoms with E-state index in [1.807, 2.05) is 40.9 Å². The summed E-state index contributed by atoms with van der Waals surface area (Å²) in [6.07, 6.45) is 4.48. The monoisotopic (exact) mass is 389 g/mol. The predicted molar refractivity (Wildman–Crippen MR) is 109 cm³/mol. The molecule has 1 fully saturated rings. The quantitative estimate of drug-likeness (QED) is 0.707. The number of amides is 1. The Bertz CT molecular complexity index is 758. The number of carbonyl (C=O) groups is 1. The van der Waals surface area contributed by atoms with E-state index in [0.717, 1.165) is 30.8 Å². The second-order valence-electron chi connectivity index (χ2n) is 5.94. The fourth-order valence-electron chi connectivity index (χ4n) is 2.92.